The summed E-state index contributed by atoms with van der Waals surface area (Å²) in [6, 6.07) is 2.06. The summed E-state index contributed by atoms with van der Waals surface area (Å²) in [5.41, 5.74) is 1.17. The Bertz CT molecular complexity index is 331. The van der Waals surface area contributed by atoms with Crippen molar-refractivity contribution in [3.63, 3.8) is 0 Å². The number of aryl methyl sites for hydroxylation is 1. The molecule has 1 atom stereocenters. The van der Waals surface area contributed by atoms with E-state index in [-0.39, 0.29) is 0 Å². The van der Waals surface area contributed by atoms with Gasteiger partial charge in [0.05, 0.1) is 5.69 Å². The van der Waals surface area contributed by atoms with Gasteiger partial charge in [-0.3, -0.25) is 0 Å². The Hall–Kier alpha value is -1.16. The van der Waals surface area contributed by atoms with E-state index in [1.807, 2.05) is 14.0 Å². The number of nitrogens with zero attached hydrogens (tertiary/aromatic N) is 2. The van der Waals surface area contributed by atoms with Crippen molar-refractivity contribution in [2.24, 2.45) is 0 Å². The van der Waals surface area contributed by atoms with Crippen LogP contribution in [0.1, 0.15) is 30.3 Å². The first-order valence-electron chi connectivity index (χ1n) is 5.53. The van der Waals surface area contributed by atoms with Crippen LogP contribution in [0.4, 0.5) is 5.82 Å². The van der Waals surface area contributed by atoms with Crippen molar-refractivity contribution >= 4 is 5.82 Å². The van der Waals surface area contributed by atoms with Crippen LogP contribution in [-0.4, -0.2) is 30.1 Å². The maximum absolute atomic E-state index is 4.51. The van der Waals surface area contributed by atoms with Gasteiger partial charge < -0.3 is 10.6 Å². The maximum atomic E-state index is 4.51. The Labute approximate surface area is 90.5 Å². The molecule has 1 saturated heterocycles. The van der Waals surface area contributed by atoms with Crippen LogP contribution in [-0.2, 0) is 0 Å². The fourth-order valence-electron chi connectivity index (χ4n) is 2.03. The minimum absolute atomic E-state index is 0.549. The van der Waals surface area contributed by atoms with Gasteiger partial charge in [-0.25, -0.2) is 9.97 Å². The van der Waals surface area contributed by atoms with Crippen molar-refractivity contribution in [1.82, 2.24) is 15.3 Å². The first-order valence-corrected chi connectivity index (χ1v) is 5.53. The largest absolute Gasteiger partial charge is 0.373 e. The molecule has 2 rings (SSSR count). The molecule has 82 valence electrons. The predicted octanol–water partition coefficient (Wildman–Crippen LogP) is 1.29. The van der Waals surface area contributed by atoms with Gasteiger partial charge in [0, 0.05) is 25.6 Å². The van der Waals surface area contributed by atoms with E-state index in [1.54, 1.807) is 0 Å². The van der Waals surface area contributed by atoms with Gasteiger partial charge in [-0.05, 0) is 26.3 Å². The minimum Gasteiger partial charge on any atom is -0.373 e. The number of hydrogen-bond donors (Lipinski definition) is 2. The molecule has 0 unspecified atom stereocenters. The highest BCUT2D eigenvalue weighted by molar-refractivity contribution is 5.36. The average molecular weight is 206 g/mol. The normalized spacial score (nSPS) is 21.3. The monoisotopic (exact) mass is 206 g/mol. The highest BCUT2D eigenvalue weighted by Crippen LogP contribution is 2.22. The summed E-state index contributed by atoms with van der Waals surface area (Å²) in [6.45, 7) is 4.12. The van der Waals surface area contributed by atoms with Crippen molar-refractivity contribution in [1.29, 1.82) is 0 Å². The lowest BCUT2D eigenvalue weighted by atomic mass is 9.96. The molecule has 0 spiro atoms. The molecule has 2 N–H and O–H groups in total. The van der Waals surface area contributed by atoms with Crippen molar-refractivity contribution in [2.45, 2.75) is 25.7 Å². The zero-order valence-corrected chi connectivity index (χ0v) is 9.38. The van der Waals surface area contributed by atoms with Crippen molar-refractivity contribution in [3.05, 3.63) is 17.6 Å². The van der Waals surface area contributed by atoms with E-state index in [9.17, 15) is 0 Å². The quantitative estimate of drug-likeness (QED) is 0.765. The molecule has 1 aromatic rings. The minimum atomic E-state index is 0.549. The molecule has 4 heteroatoms. The summed E-state index contributed by atoms with van der Waals surface area (Å²) >= 11 is 0. The van der Waals surface area contributed by atoms with Crippen LogP contribution in [0.25, 0.3) is 0 Å². The Morgan fingerprint density at radius 3 is 3.00 bits per heavy atom. The highest BCUT2D eigenvalue weighted by atomic mass is 15.0. The third-order valence-electron chi connectivity index (χ3n) is 2.83. The number of hydrogen-bond acceptors (Lipinski definition) is 4. The van der Waals surface area contributed by atoms with Crippen LogP contribution in [0.2, 0.25) is 0 Å². The first-order chi connectivity index (χ1) is 7.29. The number of nitrogens with one attached hydrogen (secondary N) is 2. The van der Waals surface area contributed by atoms with Gasteiger partial charge >= 0.3 is 0 Å². The van der Waals surface area contributed by atoms with Gasteiger partial charge in [-0.15, -0.1) is 0 Å². The zero-order chi connectivity index (χ0) is 10.7. The molecular weight excluding hydrogens is 188 g/mol. The molecule has 1 fully saturated rings. The van der Waals surface area contributed by atoms with E-state index in [0.29, 0.717) is 5.92 Å². The lowest BCUT2D eigenvalue weighted by Gasteiger charge is -2.22. The fraction of sp³-hybridized carbons (Fsp3) is 0.636. The summed E-state index contributed by atoms with van der Waals surface area (Å²) in [5.74, 6) is 2.32. The molecule has 2 heterocycles. The lowest BCUT2D eigenvalue weighted by molar-refractivity contribution is 0.453. The standard InChI is InChI=1S/C11H18N4/c1-8-14-10(6-11(12-2)15-8)9-4-3-5-13-7-9/h6,9,13H,3-5,7H2,1-2H3,(H,12,14,15)/t9-/m1/s1. The molecule has 0 aromatic carbocycles. The van der Waals surface area contributed by atoms with E-state index in [1.165, 1.54) is 18.5 Å². The number of rotatable bonds is 2. The van der Waals surface area contributed by atoms with Crippen LogP contribution >= 0.6 is 0 Å². The maximum Gasteiger partial charge on any atom is 0.129 e. The van der Waals surface area contributed by atoms with E-state index >= 15 is 0 Å². The van der Waals surface area contributed by atoms with E-state index in [4.69, 9.17) is 0 Å². The van der Waals surface area contributed by atoms with Crippen LogP contribution in [0.5, 0.6) is 0 Å². The van der Waals surface area contributed by atoms with Gasteiger partial charge in [0.1, 0.15) is 11.6 Å². The third kappa shape index (κ3) is 2.45. The molecule has 0 aliphatic carbocycles. The van der Waals surface area contributed by atoms with Crippen molar-refractivity contribution in [2.75, 3.05) is 25.5 Å². The molecule has 15 heavy (non-hydrogen) atoms. The van der Waals surface area contributed by atoms with E-state index < -0.39 is 0 Å². The molecule has 4 nitrogen and oxygen atoms in total. The third-order valence-corrected chi connectivity index (χ3v) is 2.83. The molecular formula is C11H18N4. The Morgan fingerprint density at radius 1 is 1.47 bits per heavy atom. The van der Waals surface area contributed by atoms with Crippen LogP contribution in [0.15, 0.2) is 6.07 Å². The summed E-state index contributed by atoms with van der Waals surface area (Å²) in [7, 11) is 1.89. The van der Waals surface area contributed by atoms with Crippen LogP contribution in [0.3, 0.4) is 0 Å². The molecule has 1 aliphatic heterocycles. The Morgan fingerprint density at radius 2 is 2.33 bits per heavy atom. The van der Waals surface area contributed by atoms with Gasteiger partial charge in [0.2, 0.25) is 0 Å². The number of anilines is 1. The van der Waals surface area contributed by atoms with Gasteiger partial charge in [-0.1, -0.05) is 0 Å². The van der Waals surface area contributed by atoms with Crippen LogP contribution < -0.4 is 10.6 Å². The van der Waals surface area contributed by atoms with Gasteiger partial charge in [0.25, 0.3) is 0 Å². The molecule has 0 saturated carbocycles. The summed E-state index contributed by atoms with van der Waals surface area (Å²) in [5, 5.41) is 6.49. The molecule has 0 bridgehead atoms. The van der Waals surface area contributed by atoms with E-state index in [0.717, 1.165) is 24.7 Å². The Kier molecular flexibility index (Phi) is 3.16. The molecule has 1 aliphatic rings. The zero-order valence-electron chi connectivity index (χ0n) is 9.38. The van der Waals surface area contributed by atoms with Gasteiger partial charge in [0.15, 0.2) is 0 Å². The molecule has 1 aromatic heterocycles. The van der Waals surface area contributed by atoms with Crippen molar-refractivity contribution < 1.29 is 0 Å². The highest BCUT2D eigenvalue weighted by Gasteiger charge is 2.17. The predicted molar refractivity (Wildman–Crippen MR) is 61.2 cm³/mol. The topological polar surface area (TPSA) is 49.8 Å². The fourth-order valence-corrected chi connectivity index (χ4v) is 2.03. The smallest absolute Gasteiger partial charge is 0.129 e. The summed E-state index contributed by atoms with van der Waals surface area (Å²) in [6.07, 6.45) is 2.47. The first kappa shape index (κ1) is 10.4. The second-order valence-corrected chi connectivity index (χ2v) is 4.02. The van der Waals surface area contributed by atoms with Gasteiger partial charge in [-0.2, -0.15) is 0 Å². The summed E-state index contributed by atoms with van der Waals surface area (Å²) in [4.78, 5) is 8.82. The Balaban J connectivity index is 2.22. The van der Waals surface area contributed by atoms with E-state index in [2.05, 4.69) is 26.7 Å². The summed E-state index contributed by atoms with van der Waals surface area (Å²) < 4.78 is 0. The molecule has 0 amide bonds. The second kappa shape index (κ2) is 4.57. The van der Waals surface area contributed by atoms with Crippen molar-refractivity contribution in [3.8, 4) is 0 Å². The molecule has 0 radical (unpaired) electrons. The SMILES string of the molecule is CNc1cc([C@@H]2CCCNC2)nc(C)n1. The number of piperidine rings is 1. The van der Waals surface area contributed by atoms with Crippen LogP contribution in [0, 0.1) is 6.92 Å². The lowest BCUT2D eigenvalue weighted by Crippen LogP contribution is -2.29. The second-order valence-electron chi connectivity index (χ2n) is 4.02. The average Bonchev–Trinajstić information content (AvgIpc) is 2.29. The number of aromatic nitrogens is 2.